The van der Waals surface area contributed by atoms with Crippen LogP contribution in [0.25, 0.3) is 77.2 Å². The molecule has 0 radical (unpaired) electrons. The summed E-state index contributed by atoms with van der Waals surface area (Å²) in [7, 11) is 0. The summed E-state index contributed by atoms with van der Waals surface area (Å²) >= 11 is 0. The minimum atomic E-state index is 0.576. The van der Waals surface area contributed by atoms with Gasteiger partial charge in [-0.25, -0.2) is 0 Å². The van der Waals surface area contributed by atoms with Gasteiger partial charge in [-0.1, -0.05) is 72.8 Å². The lowest BCUT2D eigenvalue weighted by atomic mass is 9.96. The van der Waals surface area contributed by atoms with E-state index in [9.17, 15) is 15.8 Å². The fourth-order valence-corrected chi connectivity index (χ4v) is 7.34. The standard InChI is InChI=1S/C45H25N5/c46-26-29-16-19-43(50-42-14-4-2-12-37(42)40-22-30(27-47)17-20-44(40)50)39(21-29)34-9-5-7-32(24-34)33-8-6-10-35(25-33)49-41-13-3-1-11-36(41)38-18-15-31(28-48)23-45(38)49/h1-25H. The van der Waals surface area contributed by atoms with Gasteiger partial charge in [0.25, 0.3) is 0 Å². The first-order valence-electron chi connectivity index (χ1n) is 16.3. The number of fused-ring (bicyclic) bond motifs is 6. The quantitative estimate of drug-likeness (QED) is 0.193. The van der Waals surface area contributed by atoms with Crippen LogP contribution in [0.15, 0.2) is 152 Å². The summed E-state index contributed by atoms with van der Waals surface area (Å²) in [5.74, 6) is 0. The average Bonchev–Trinajstić information content (AvgIpc) is 3.69. The first kappa shape index (κ1) is 28.8. The molecule has 9 rings (SSSR count). The van der Waals surface area contributed by atoms with Crippen molar-refractivity contribution in [3.63, 3.8) is 0 Å². The van der Waals surface area contributed by atoms with Gasteiger partial charge in [-0.15, -0.1) is 0 Å². The van der Waals surface area contributed by atoms with E-state index in [0.29, 0.717) is 16.7 Å². The monoisotopic (exact) mass is 635 g/mol. The van der Waals surface area contributed by atoms with Crippen LogP contribution in [0.4, 0.5) is 0 Å². The van der Waals surface area contributed by atoms with Gasteiger partial charge >= 0.3 is 0 Å². The maximum Gasteiger partial charge on any atom is 0.0992 e. The third kappa shape index (κ3) is 4.45. The zero-order chi connectivity index (χ0) is 33.8. The highest BCUT2D eigenvalue weighted by Crippen LogP contribution is 2.39. The van der Waals surface area contributed by atoms with Crippen LogP contribution >= 0.6 is 0 Å². The Hall–Kier alpha value is -7.39. The molecule has 0 saturated heterocycles. The van der Waals surface area contributed by atoms with Crippen molar-refractivity contribution in [2.45, 2.75) is 0 Å². The highest BCUT2D eigenvalue weighted by molar-refractivity contribution is 6.11. The second-order valence-electron chi connectivity index (χ2n) is 12.4. The van der Waals surface area contributed by atoms with Gasteiger partial charge in [-0.2, -0.15) is 15.8 Å². The number of para-hydroxylation sites is 2. The van der Waals surface area contributed by atoms with Crippen LogP contribution < -0.4 is 0 Å². The van der Waals surface area contributed by atoms with Gasteiger partial charge in [0.05, 0.1) is 62.7 Å². The zero-order valence-corrected chi connectivity index (χ0v) is 26.7. The van der Waals surface area contributed by atoms with E-state index in [1.54, 1.807) is 0 Å². The third-order valence-electron chi connectivity index (χ3n) is 9.58. The maximum absolute atomic E-state index is 9.96. The van der Waals surface area contributed by atoms with Crippen LogP contribution in [0.3, 0.4) is 0 Å². The first-order valence-corrected chi connectivity index (χ1v) is 16.3. The molecule has 0 aliphatic carbocycles. The van der Waals surface area contributed by atoms with Crippen molar-refractivity contribution in [2.75, 3.05) is 0 Å². The number of nitriles is 3. The molecule has 0 atom stereocenters. The lowest BCUT2D eigenvalue weighted by molar-refractivity contribution is 1.18. The number of nitrogens with zero attached hydrogens (tertiary/aromatic N) is 5. The molecular formula is C45H25N5. The van der Waals surface area contributed by atoms with Crippen LogP contribution in [-0.4, -0.2) is 9.13 Å². The number of hydrogen-bond acceptors (Lipinski definition) is 3. The summed E-state index contributed by atoms with van der Waals surface area (Å²) in [5.41, 5.74) is 11.8. The average molecular weight is 636 g/mol. The molecule has 0 amide bonds. The number of rotatable bonds is 4. The van der Waals surface area contributed by atoms with E-state index >= 15 is 0 Å². The summed E-state index contributed by atoms with van der Waals surface area (Å²) < 4.78 is 4.46. The van der Waals surface area contributed by atoms with Gasteiger partial charge in [0.15, 0.2) is 0 Å². The molecule has 0 spiro atoms. The van der Waals surface area contributed by atoms with Gasteiger partial charge < -0.3 is 9.13 Å². The van der Waals surface area contributed by atoms with Gasteiger partial charge in [0.1, 0.15) is 0 Å². The fraction of sp³-hybridized carbons (Fsp3) is 0. The Balaban J connectivity index is 1.22. The lowest BCUT2D eigenvalue weighted by Gasteiger charge is -2.16. The first-order chi connectivity index (χ1) is 24.6. The van der Waals surface area contributed by atoms with Gasteiger partial charge in [0, 0.05) is 32.8 Å². The minimum Gasteiger partial charge on any atom is -0.309 e. The summed E-state index contributed by atoms with van der Waals surface area (Å²) in [5, 5.41) is 33.6. The molecule has 0 bridgehead atoms. The SMILES string of the molecule is N#Cc1ccc(-n2c3ccccc3c3cc(C#N)ccc32)c(-c2cccc(-c3cccc(-n4c5ccccc5c5ccc(C#N)cc54)c3)c2)c1. The molecule has 0 unspecified atom stereocenters. The van der Waals surface area contributed by atoms with Crippen molar-refractivity contribution >= 4 is 43.6 Å². The number of hydrogen-bond donors (Lipinski definition) is 0. The Labute approximate surface area is 287 Å². The Morgan fingerprint density at radius 1 is 0.360 bits per heavy atom. The molecule has 0 aliphatic heterocycles. The van der Waals surface area contributed by atoms with Crippen LogP contribution in [0.5, 0.6) is 0 Å². The van der Waals surface area contributed by atoms with Crippen molar-refractivity contribution in [3.8, 4) is 51.8 Å². The topological polar surface area (TPSA) is 81.2 Å². The van der Waals surface area contributed by atoms with Crippen molar-refractivity contribution in [1.82, 2.24) is 9.13 Å². The summed E-state index contributed by atoms with van der Waals surface area (Å²) in [4.78, 5) is 0. The van der Waals surface area contributed by atoms with E-state index in [-0.39, 0.29) is 0 Å². The predicted molar refractivity (Wildman–Crippen MR) is 200 cm³/mol. The van der Waals surface area contributed by atoms with Crippen LogP contribution in [0, 0.1) is 34.0 Å². The van der Waals surface area contributed by atoms with E-state index < -0.39 is 0 Å². The second-order valence-corrected chi connectivity index (χ2v) is 12.4. The molecule has 0 fully saturated rings. The van der Waals surface area contributed by atoms with Gasteiger partial charge in [-0.05, 0) is 95.6 Å². The van der Waals surface area contributed by atoms with Crippen molar-refractivity contribution in [1.29, 1.82) is 15.8 Å². The number of aromatic nitrogens is 2. The highest BCUT2D eigenvalue weighted by Gasteiger charge is 2.18. The molecule has 5 heteroatoms. The van der Waals surface area contributed by atoms with Crippen LogP contribution in [0.2, 0.25) is 0 Å². The van der Waals surface area contributed by atoms with Crippen molar-refractivity contribution < 1.29 is 0 Å². The zero-order valence-electron chi connectivity index (χ0n) is 26.7. The summed E-state index contributed by atoms with van der Waals surface area (Å²) in [6.45, 7) is 0. The van der Waals surface area contributed by atoms with Gasteiger partial charge in [0.2, 0.25) is 0 Å². The fourth-order valence-electron chi connectivity index (χ4n) is 7.34. The smallest absolute Gasteiger partial charge is 0.0992 e. The summed E-state index contributed by atoms with van der Waals surface area (Å²) in [6, 6.07) is 57.9. The van der Waals surface area contributed by atoms with Gasteiger partial charge in [-0.3, -0.25) is 0 Å². The van der Waals surface area contributed by atoms with E-state index in [1.807, 2.05) is 78.9 Å². The van der Waals surface area contributed by atoms with Crippen molar-refractivity contribution in [2.24, 2.45) is 0 Å². The van der Waals surface area contributed by atoms with Crippen LogP contribution in [-0.2, 0) is 0 Å². The van der Waals surface area contributed by atoms with E-state index in [0.717, 1.165) is 77.2 Å². The molecule has 0 N–H and O–H groups in total. The molecule has 50 heavy (non-hydrogen) atoms. The molecular weight excluding hydrogens is 611 g/mol. The Bertz CT molecular complexity index is 2970. The Morgan fingerprint density at radius 3 is 1.70 bits per heavy atom. The highest BCUT2D eigenvalue weighted by atomic mass is 15.0. The van der Waals surface area contributed by atoms with Crippen LogP contribution in [0.1, 0.15) is 16.7 Å². The summed E-state index contributed by atoms with van der Waals surface area (Å²) in [6.07, 6.45) is 0. The van der Waals surface area contributed by atoms with E-state index in [1.165, 1.54) is 0 Å². The largest absolute Gasteiger partial charge is 0.309 e. The molecule has 5 nitrogen and oxygen atoms in total. The molecule has 0 aliphatic rings. The Morgan fingerprint density at radius 2 is 0.920 bits per heavy atom. The normalized spacial score (nSPS) is 11.1. The van der Waals surface area contributed by atoms with E-state index in [2.05, 4.69) is 100 Å². The maximum atomic E-state index is 9.96. The molecule has 230 valence electrons. The molecule has 7 aromatic carbocycles. The lowest BCUT2D eigenvalue weighted by Crippen LogP contribution is -1.98. The molecule has 2 aromatic heterocycles. The van der Waals surface area contributed by atoms with Crippen molar-refractivity contribution in [3.05, 3.63) is 168 Å². The number of benzene rings is 7. The molecule has 2 heterocycles. The Kier molecular flexibility index (Phi) is 6.56. The minimum absolute atomic E-state index is 0.576. The molecule has 9 aromatic rings. The second kappa shape index (κ2) is 11.4. The predicted octanol–water partition coefficient (Wildman–Crippen LogP) is 10.8. The molecule has 0 saturated carbocycles. The van der Waals surface area contributed by atoms with E-state index in [4.69, 9.17) is 0 Å². The third-order valence-corrected chi connectivity index (χ3v) is 9.58.